The van der Waals surface area contributed by atoms with Crippen molar-refractivity contribution in [3.05, 3.63) is 83.2 Å². The second-order valence-electron chi connectivity index (χ2n) is 5.33. The molecule has 0 aliphatic rings. The molecule has 21 heavy (non-hydrogen) atoms. The fourth-order valence-electron chi connectivity index (χ4n) is 2.64. The number of aliphatic hydroxyl groups excluding tert-OH is 1. The molecule has 0 bridgehead atoms. The summed E-state index contributed by atoms with van der Waals surface area (Å²) in [4.78, 5) is 0. The zero-order valence-corrected chi connectivity index (χ0v) is 12.2. The van der Waals surface area contributed by atoms with E-state index in [1.165, 1.54) is 0 Å². The Bertz CT molecular complexity index is 727. The van der Waals surface area contributed by atoms with E-state index >= 15 is 0 Å². The molecule has 106 valence electrons. The van der Waals surface area contributed by atoms with Crippen molar-refractivity contribution in [3.8, 4) is 5.69 Å². The lowest BCUT2D eigenvalue weighted by Gasteiger charge is -2.15. The number of para-hydroxylation sites is 1. The lowest BCUT2D eigenvalue weighted by Crippen LogP contribution is -2.09. The van der Waals surface area contributed by atoms with Gasteiger partial charge < -0.3 is 5.11 Å². The monoisotopic (exact) mass is 278 g/mol. The third-order valence-corrected chi connectivity index (χ3v) is 3.51. The predicted molar refractivity (Wildman–Crippen MR) is 83.5 cm³/mol. The maximum Gasteiger partial charge on any atom is 0.121 e. The van der Waals surface area contributed by atoms with Crippen LogP contribution in [0, 0.1) is 13.8 Å². The van der Waals surface area contributed by atoms with E-state index in [1.54, 1.807) is 10.9 Å². The molecule has 1 unspecified atom stereocenters. The topological polar surface area (TPSA) is 38.1 Å². The minimum atomic E-state index is -0.689. The Balaban J connectivity index is 2.03. The number of aryl methyl sites for hydroxylation is 2. The average molecular weight is 278 g/mol. The van der Waals surface area contributed by atoms with Crippen LogP contribution in [0.1, 0.15) is 28.5 Å². The van der Waals surface area contributed by atoms with Gasteiger partial charge in [0, 0.05) is 6.20 Å². The van der Waals surface area contributed by atoms with Crippen LogP contribution >= 0.6 is 0 Å². The standard InChI is InChI=1S/C18H18N2O/c1-13-10-14(2)12-15(11-13)18(21)17-8-9-19-20(17)16-6-4-3-5-7-16/h3-12,18,21H,1-2H3. The van der Waals surface area contributed by atoms with E-state index in [1.807, 2.05) is 62.4 Å². The first kappa shape index (κ1) is 13.6. The third kappa shape index (κ3) is 2.73. The first-order chi connectivity index (χ1) is 10.1. The van der Waals surface area contributed by atoms with Crippen LogP contribution in [0.4, 0.5) is 0 Å². The van der Waals surface area contributed by atoms with Crippen LogP contribution in [0.5, 0.6) is 0 Å². The number of rotatable bonds is 3. The molecule has 0 amide bonds. The summed E-state index contributed by atoms with van der Waals surface area (Å²) in [6, 6.07) is 17.8. The Labute approximate surface area is 124 Å². The molecule has 0 saturated heterocycles. The molecule has 0 saturated carbocycles. The van der Waals surface area contributed by atoms with E-state index in [0.29, 0.717) is 0 Å². The molecule has 0 radical (unpaired) electrons. The summed E-state index contributed by atoms with van der Waals surface area (Å²) in [5, 5.41) is 15.0. The van der Waals surface area contributed by atoms with Crippen LogP contribution in [0.3, 0.4) is 0 Å². The van der Waals surface area contributed by atoms with Crippen molar-refractivity contribution < 1.29 is 5.11 Å². The summed E-state index contributed by atoms with van der Waals surface area (Å²) in [7, 11) is 0. The van der Waals surface area contributed by atoms with Crippen molar-refractivity contribution in [2.24, 2.45) is 0 Å². The van der Waals surface area contributed by atoms with Crippen LogP contribution in [-0.2, 0) is 0 Å². The van der Waals surface area contributed by atoms with Crippen LogP contribution in [-0.4, -0.2) is 14.9 Å². The minimum absolute atomic E-state index is 0.689. The maximum atomic E-state index is 10.7. The highest BCUT2D eigenvalue weighted by molar-refractivity contribution is 5.37. The van der Waals surface area contributed by atoms with Gasteiger partial charge in [0.15, 0.2) is 0 Å². The largest absolute Gasteiger partial charge is 0.382 e. The average Bonchev–Trinajstić information content (AvgIpc) is 2.95. The third-order valence-electron chi connectivity index (χ3n) is 3.51. The van der Waals surface area contributed by atoms with Crippen molar-refractivity contribution in [1.29, 1.82) is 0 Å². The molecule has 3 nitrogen and oxygen atoms in total. The fraction of sp³-hybridized carbons (Fsp3) is 0.167. The van der Waals surface area contributed by atoms with Crippen molar-refractivity contribution in [1.82, 2.24) is 9.78 Å². The zero-order chi connectivity index (χ0) is 14.8. The smallest absolute Gasteiger partial charge is 0.121 e. The van der Waals surface area contributed by atoms with Crippen LogP contribution < -0.4 is 0 Å². The number of aromatic nitrogens is 2. The molecular weight excluding hydrogens is 260 g/mol. The van der Waals surface area contributed by atoms with E-state index in [4.69, 9.17) is 0 Å². The first-order valence-corrected chi connectivity index (χ1v) is 7.01. The Hall–Kier alpha value is -2.39. The van der Waals surface area contributed by atoms with Crippen molar-refractivity contribution in [2.45, 2.75) is 20.0 Å². The number of nitrogens with zero attached hydrogens (tertiary/aromatic N) is 2. The second-order valence-corrected chi connectivity index (χ2v) is 5.33. The first-order valence-electron chi connectivity index (χ1n) is 7.01. The predicted octanol–water partition coefficient (Wildman–Crippen LogP) is 3.57. The van der Waals surface area contributed by atoms with Gasteiger partial charge in [-0.2, -0.15) is 5.10 Å². The van der Waals surface area contributed by atoms with Crippen LogP contribution in [0.25, 0.3) is 5.69 Å². The molecule has 2 aromatic carbocycles. The molecule has 1 atom stereocenters. The van der Waals surface area contributed by atoms with Gasteiger partial charge in [0.25, 0.3) is 0 Å². The highest BCUT2D eigenvalue weighted by atomic mass is 16.3. The molecule has 0 fully saturated rings. The van der Waals surface area contributed by atoms with Gasteiger partial charge in [-0.15, -0.1) is 0 Å². The molecule has 1 aromatic heterocycles. The minimum Gasteiger partial charge on any atom is -0.382 e. The quantitative estimate of drug-likeness (QED) is 0.795. The number of aliphatic hydroxyl groups is 1. The number of hydrogen-bond donors (Lipinski definition) is 1. The SMILES string of the molecule is Cc1cc(C)cc(C(O)c2ccnn2-c2ccccc2)c1. The molecule has 1 N–H and O–H groups in total. The van der Waals surface area contributed by atoms with Crippen molar-refractivity contribution in [3.63, 3.8) is 0 Å². The molecule has 0 aliphatic heterocycles. The number of hydrogen-bond acceptors (Lipinski definition) is 2. The van der Waals surface area contributed by atoms with Gasteiger partial charge in [-0.05, 0) is 37.6 Å². The number of benzene rings is 2. The summed E-state index contributed by atoms with van der Waals surface area (Å²) in [5.41, 5.74) is 4.90. The van der Waals surface area contributed by atoms with Crippen LogP contribution in [0.2, 0.25) is 0 Å². The summed E-state index contributed by atoms with van der Waals surface area (Å²) in [6.45, 7) is 4.08. The Morgan fingerprint density at radius 1 is 0.952 bits per heavy atom. The van der Waals surface area contributed by atoms with E-state index < -0.39 is 6.10 Å². The van der Waals surface area contributed by atoms with Gasteiger partial charge in [0.05, 0.1) is 11.4 Å². The van der Waals surface area contributed by atoms with Gasteiger partial charge in [-0.25, -0.2) is 4.68 Å². The van der Waals surface area contributed by atoms with E-state index in [2.05, 4.69) is 11.2 Å². The lowest BCUT2D eigenvalue weighted by atomic mass is 10.0. The van der Waals surface area contributed by atoms with Gasteiger partial charge in [-0.1, -0.05) is 47.5 Å². The van der Waals surface area contributed by atoms with Gasteiger partial charge >= 0.3 is 0 Å². The fourth-order valence-corrected chi connectivity index (χ4v) is 2.64. The summed E-state index contributed by atoms with van der Waals surface area (Å²) in [6.07, 6.45) is 1.03. The molecule has 0 spiro atoms. The Morgan fingerprint density at radius 2 is 1.62 bits per heavy atom. The van der Waals surface area contributed by atoms with Crippen LogP contribution in [0.15, 0.2) is 60.8 Å². The summed E-state index contributed by atoms with van der Waals surface area (Å²) < 4.78 is 1.78. The van der Waals surface area contributed by atoms with Gasteiger partial charge in [0.2, 0.25) is 0 Å². The van der Waals surface area contributed by atoms with Crippen molar-refractivity contribution >= 4 is 0 Å². The Kier molecular flexibility index (Phi) is 3.59. The summed E-state index contributed by atoms with van der Waals surface area (Å²) >= 11 is 0. The lowest BCUT2D eigenvalue weighted by molar-refractivity contribution is 0.212. The normalized spacial score (nSPS) is 12.3. The highest BCUT2D eigenvalue weighted by Gasteiger charge is 2.16. The summed E-state index contributed by atoms with van der Waals surface area (Å²) in [5.74, 6) is 0. The zero-order valence-electron chi connectivity index (χ0n) is 12.2. The van der Waals surface area contributed by atoms with E-state index in [9.17, 15) is 5.11 Å². The van der Waals surface area contributed by atoms with Crippen molar-refractivity contribution in [2.75, 3.05) is 0 Å². The van der Waals surface area contributed by atoms with E-state index in [0.717, 1.165) is 28.1 Å². The van der Waals surface area contributed by atoms with Gasteiger partial charge in [-0.3, -0.25) is 0 Å². The molecule has 3 aromatic rings. The molecule has 1 heterocycles. The second kappa shape index (κ2) is 5.54. The molecule has 3 rings (SSSR count). The van der Waals surface area contributed by atoms with Gasteiger partial charge in [0.1, 0.15) is 6.10 Å². The molecule has 3 heteroatoms. The Morgan fingerprint density at radius 3 is 2.29 bits per heavy atom. The maximum absolute atomic E-state index is 10.7. The highest BCUT2D eigenvalue weighted by Crippen LogP contribution is 2.25. The van der Waals surface area contributed by atoms with E-state index in [-0.39, 0.29) is 0 Å². The molecular formula is C18H18N2O. The molecule has 0 aliphatic carbocycles.